The molecule has 1 saturated carbocycles. The number of hydrogen-bond donors (Lipinski definition) is 1. The van der Waals surface area contributed by atoms with Crippen molar-refractivity contribution in [2.75, 3.05) is 6.61 Å². The summed E-state index contributed by atoms with van der Waals surface area (Å²) in [6.07, 6.45) is 10.6. The molecule has 1 aliphatic carbocycles. The van der Waals surface area contributed by atoms with Gasteiger partial charge < -0.3 is 9.84 Å². The quantitative estimate of drug-likeness (QED) is 0.529. The molecule has 2 nitrogen and oxygen atoms in total. The highest BCUT2D eigenvalue weighted by molar-refractivity contribution is 5.11. The Morgan fingerprint density at radius 3 is 2.73 bits per heavy atom. The summed E-state index contributed by atoms with van der Waals surface area (Å²) in [6.45, 7) is 13.6. The van der Waals surface area contributed by atoms with Gasteiger partial charge in [0, 0.05) is 0 Å². The predicted molar refractivity (Wildman–Crippen MR) is 92.9 cm³/mol. The average molecular weight is 306 g/mol. The Bertz CT molecular complexity index is 435. The lowest BCUT2D eigenvalue weighted by molar-refractivity contribution is 0.165. The second-order valence-corrected chi connectivity index (χ2v) is 8.28. The van der Waals surface area contributed by atoms with Crippen LogP contribution in [0, 0.1) is 11.3 Å². The minimum absolute atomic E-state index is 0.0767. The summed E-state index contributed by atoms with van der Waals surface area (Å²) in [7, 11) is 0. The predicted octanol–water partition coefficient (Wildman–Crippen LogP) is 5.03. The van der Waals surface area contributed by atoms with E-state index in [4.69, 9.17) is 9.84 Å². The molecule has 0 amide bonds. The molecule has 0 bridgehead atoms. The average Bonchev–Trinajstić information content (AvgIpc) is 3.06. The van der Waals surface area contributed by atoms with Crippen molar-refractivity contribution in [2.45, 2.75) is 84.3 Å². The maximum Gasteiger partial charge on any atom is 0.0920 e. The van der Waals surface area contributed by atoms with Crippen LogP contribution < -0.4 is 0 Å². The van der Waals surface area contributed by atoms with E-state index < -0.39 is 0 Å². The van der Waals surface area contributed by atoms with Gasteiger partial charge in [-0.05, 0) is 70.1 Å². The van der Waals surface area contributed by atoms with Crippen LogP contribution in [0.1, 0.15) is 72.6 Å². The highest BCUT2D eigenvalue weighted by Gasteiger charge is 2.51. The highest BCUT2D eigenvalue weighted by Crippen LogP contribution is 2.49. The second-order valence-electron chi connectivity index (χ2n) is 8.28. The Morgan fingerprint density at radius 2 is 2.09 bits per heavy atom. The minimum Gasteiger partial charge on any atom is -0.392 e. The first-order valence-corrected chi connectivity index (χ1v) is 8.90. The van der Waals surface area contributed by atoms with Gasteiger partial charge >= 0.3 is 0 Å². The fraction of sp³-hybridized carbons (Fsp3) is 0.800. The third-order valence-electron chi connectivity index (χ3n) is 5.96. The zero-order valence-electron chi connectivity index (χ0n) is 15.0. The fourth-order valence-electron chi connectivity index (χ4n) is 4.19. The molecule has 0 aromatic carbocycles. The molecule has 126 valence electrons. The lowest BCUT2D eigenvalue weighted by Crippen LogP contribution is -2.30. The fourth-order valence-corrected chi connectivity index (χ4v) is 4.19. The smallest absolute Gasteiger partial charge is 0.0920 e. The van der Waals surface area contributed by atoms with Gasteiger partial charge in [0.1, 0.15) is 0 Å². The second kappa shape index (κ2) is 6.88. The molecule has 0 aromatic heterocycles. The van der Waals surface area contributed by atoms with E-state index in [1.807, 2.05) is 6.08 Å². The van der Waals surface area contributed by atoms with E-state index in [1.54, 1.807) is 0 Å². The van der Waals surface area contributed by atoms with Crippen molar-refractivity contribution >= 4 is 0 Å². The third-order valence-corrected chi connectivity index (χ3v) is 5.96. The van der Waals surface area contributed by atoms with Crippen molar-refractivity contribution in [3.8, 4) is 0 Å². The van der Waals surface area contributed by atoms with Crippen molar-refractivity contribution in [3.05, 3.63) is 23.8 Å². The first-order chi connectivity index (χ1) is 10.3. The first kappa shape index (κ1) is 17.7. The van der Waals surface area contributed by atoms with E-state index in [2.05, 4.69) is 34.3 Å². The van der Waals surface area contributed by atoms with Gasteiger partial charge in [-0.3, -0.25) is 0 Å². The number of hydrogen-bond acceptors (Lipinski definition) is 2. The summed E-state index contributed by atoms with van der Waals surface area (Å²) in [5.41, 5.74) is 3.20. The normalized spacial score (nSPS) is 34.8. The van der Waals surface area contributed by atoms with E-state index in [-0.39, 0.29) is 12.2 Å². The maximum absolute atomic E-state index is 8.91. The topological polar surface area (TPSA) is 32.8 Å². The molecule has 1 saturated heterocycles. The number of aliphatic hydroxyl groups is 1. The number of ether oxygens (including phenoxy) is 1. The van der Waals surface area contributed by atoms with Gasteiger partial charge in [-0.1, -0.05) is 37.6 Å². The number of allylic oxidation sites excluding steroid dienone is 2. The molecule has 1 aliphatic heterocycles. The van der Waals surface area contributed by atoms with Crippen molar-refractivity contribution in [1.29, 1.82) is 0 Å². The number of epoxide rings is 1. The highest BCUT2D eigenvalue weighted by atomic mass is 16.6. The summed E-state index contributed by atoms with van der Waals surface area (Å²) in [5, 5.41) is 8.91. The molecule has 2 fully saturated rings. The largest absolute Gasteiger partial charge is 0.392 e. The minimum atomic E-state index is 0.0767. The Balaban J connectivity index is 1.80. The van der Waals surface area contributed by atoms with Crippen molar-refractivity contribution in [1.82, 2.24) is 0 Å². The molecule has 3 atom stereocenters. The molecular formula is C20H34O2. The van der Waals surface area contributed by atoms with E-state index >= 15 is 0 Å². The van der Waals surface area contributed by atoms with Crippen LogP contribution in [0.4, 0.5) is 0 Å². The summed E-state index contributed by atoms with van der Waals surface area (Å²) >= 11 is 0. The van der Waals surface area contributed by atoms with Gasteiger partial charge in [-0.15, -0.1) is 0 Å². The molecule has 2 rings (SSSR count). The summed E-state index contributed by atoms with van der Waals surface area (Å²) in [4.78, 5) is 0. The molecule has 22 heavy (non-hydrogen) atoms. The molecule has 0 spiro atoms. The van der Waals surface area contributed by atoms with Crippen LogP contribution >= 0.6 is 0 Å². The van der Waals surface area contributed by atoms with E-state index in [0.29, 0.717) is 17.4 Å². The van der Waals surface area contributed by atoms with Crippen LogP contribution in [0.25, 0.3) is 0 Å². The zero-order valence-corrected chi connectivity index (χ0v) is 15.0. The van der Waals surface area contributed by atoms with Crippen molar-refractivity contribution < 1.29 is 9.84 Å². The summed E-state index contributed by atoms with van der Waals surface area (Å²) < 4.78 is 6.01. The molecule has 2 heteroatoms. The van der Waals surface area contributed by atoms with Gasteiger partial charge in [0.25, 0.3) is 0 Å². The maximum atomic E-state index is 8.91. The lowest BCUT2D eigenvalue weighted by Gasteiger charge is -2.40. The molecule has 1 heterocycles. The first-order valence-electron chi connectivity index (χ1n) is 8.90. The van der Waals surface area contributed by atoms with Crippen LogP contribution in [-0.4, -0.2) is 23.4 Å². The van der Waals surface area contributed by atoms with Gasteiger partial charge in [0.05, 0.1) is 18.3 Å². The number of rotatable bonds is 7. The van der Waals surface area contributed by atoms with Crippen molar-refractivity contribution in [2.24, 2.45) is 11.3 Å². The molecule has 1 N–H and O–H groups in total. The zero-order chi connectivity index (χ0) is 16.4. The molecule has 2 aliphatic rings. The Labute approximate surface area is 136 Å². The Kier molecular flexibility index (Phi) is 5.55. The van der Waals surface area contributed by atoms with Crippen LogP contribution in [0.3, 0.4) is 0 Å². The van der Waals surface area contributed by atoms with Gasteiger partial charge in [-0.25, -0.2) is 0 Å². The van der Waals surface area contributed by atoms with Gasteiger partial charge in [0.2, 0.25) is 0 Å². The molecular weight excluding hydrogens is 272 g/mol. The lowest BCUT2D eigenvalue weighted by atomic mass is 9.64. The van der Waals surface area contributed by atoms with Crippen LogP contribution in [0.5, 0.6) is 0 Å². The molecule has 0 radical (unpaired) electrons. The molecule has 0 aromatic rings. The molecule has 3 unspecified atom stereocenters. The van der Waals surface area contributed by atoms with E-state index in [9.17, 15) is 0 Å². The SMILES string of the molecule is C=C1CCCC(C)(C)C1CCC1(C)OC1CCC(C)=CCO. The standard InChI is InChI=1S/C20H34O2/c1-15(11-14-21)8-9-18-20(5,22-18)13-10-17-16(2)7-6-12-19(17,3)4/h11,17-18,21H,2,6-10,12-14H2,1,3-5H3. The van der Waals surface area contributed by atoms with Crippen LogP contribution in [-0.2, 0) is 4.74 Å². The third kappa shape index (κ3) is 4.23. The number of aliphatic hydroxyl groups excluding tert-OH is 1. The van der Waals surface area contributed by atoms with E-state index in [0.717, 1.165) is 19.3 Å². The van der Waals surface area contributed by atoms with Crippen LogP contribution in [0.15, 0.2) is 23.8 Å². The Hall–Kier alpha value is -0.600. The monoisotopic (exact) mass is 306 g/mol. The van der Waals surface area contributed by atoms with Crippen molar-refractivity contribution in [3.63, 3.8) is 0 Å². The summed E-state index contributed by atoms with van der Waals surface area (Å²) in [5.74, 6) is 0.652. The van der Waals surface area contributed by atoms with Gasteiger partial charge in [-0.2, -0.15) is 0 Å². The van der Waals surface area contributed by atoms with E-state index in [1.165, 1.54) is 36.8 Å². The summed E-state index contributed by atoms with van der Waals surface area (Å²) in [6, 6.07) is 0. The van der Waals surface area contributed by atoms with Gasteiger partial charge in [0.15, 0.2) is 0 Å². The van der Waals surface area contributed by atoms with Crippen LogP contribution in [0.2, 0.25) is 0 Å². The Morgan fingerprint density at radius 1 is 1.36 bits per heavy atom.